The number of piperidine rings is 1. The number of nitrogens with zero attached hydrogens (tertiary/aromatic N) is 3. The van der Waals surface area contributed by atoms with Gasteiger partial charge in [-0.25, -0.2) is 0 Å². The van der Waals surface area contributed by atoms with Crippen LogP contribution >= 0.6 is 12.4 Å². The van der Waals surface area contributed by atoms with Gasteiger partial charge in [0, 0.05) is 38.6 Å². The molecule has 3 rings (SSSR count). The molecule has 0 bridgehead atoms. The SMILES string of the molecule is CN(C)C(=O)c1ccc(CNC(=O)C2(n3cccn3)CCNCC2)cc1.Cl. The van der Waals surface area contributed by atoms with Crippen LogP contribution < -0.4 is 10.6 Å². The molecule has 2 N–H and O–H groups in total. The summed E-state index contributed by atoms with van der Waals surface area (Å²) < 4.78 is 1.78. The van der Waals surface area contributed by atoms with Crippen LogP contribution in [0.25, 0.3) is 0 Å². The largest absolute Gasteiger partial charge is 0.350 e. The van der Waals surface area contributed by atoms with Gasteiger partial charge in [-0.1, -0.05) is 12.1 Å². The monoisotopic (exact) mass is 391 g/mol. The van der Waals surface area contributed by atoms with Crippen molar-refractivity contribution in [1.29, 1.82) is 0 Å². The molecule has 2 amide bonds. The second-order valence-corrected chi connectivity index (χ2v) is 6.81. The zero-order chi connectivity index (χ0) is 18.6. The number of rotatable bonds is 5. The molecule has 1 aliphatic heterocycles. The second kappa shape index (κ2) is 9.01. The van der Waals surface area contributed by atoms with Crippen molar-refractivity contribution in [2.24, 2.45) is 0 Å². The van der Waals surface area contributed by atoms with Gasteiger partial charge in [0.1, 0.15) is 5.54 Å². The van der Waals surface area contributed by atoms with E-state index in [1.54, 1.807) is 42.0 Å². The Balaban J connectivity index is 0.00000261. The minimum Gasteiger partial charge on any atom is -0.350 e. The molecule has 2 aromatic rings. The van der Waals surface area contributed by atoms with Gasteiger partial charge < -0.3 is 15.5 Å². The van der Waals surface area contributed by atoms with Crippen molar-refractivity contribution >= 4 is 24.2 Å². The molecule has 1 fully saturated rings. The fourth-order valence-electron chi connectivity index (χ4n) is 3.29. The van der Waals surface area contributed by atoms with E-state index in [-0.39, 0.29) is 24.2 Å². The van der Waals surface area contributed by atoms with Crippen molar-refractivity contribution in [3.63, 3.8) is 0 Å². The molecule has 0 aliphatic carbocycles. The Kier molecular flexibility index (Phi) is 6.98. The van der Waals surface area contributed by atoms with Gasteiger partial charge in [-0.15, -0.1) is 12.4 Å². The number of benzene rings is 1. The number of hydrogen-bond acceptors (Lipinski definition) is 4. The molecule has 7 nitrogen and oxygen atoms in total. The first-order valence-electron chi connectivity index (χ1n) is 8.83. The Hall–Kier alpha value is -2.38. The van der Waals surface area contributed by atoms with Crippen LogP contribution in [0.4, 0.5) is 0 Å². The summed E-state index contributed by atoms with van der Waals surface area (Å²) in [5, 5.41) is 10.7. The highest BCUT2D eigenvalue weighted by Crippen LogP contribution is 2.27. The zero-order valence-corrected chi connectivity index (χ0v) is 16.5. The van der Waals surface area contributed by atoms with Crippen LogP contribution in [0.3, 0.4) is 0 Å². The number of carbonyl (C=O) groups excluding carboxylic acids is 2. The summed E-state index contributed by atoms with van der Waals surface area (Å²) >= 11 is 0. The number of aromatic nitrogens is 2. The Morgan fingerprint density at radius 3 is 2.44 bits per heavy atom. The normalized spacial score (nSPS) is 15.5. The third-order valence-corrected chi connectivity index (χ3v) is 4.86. The van der Waals surface area contributed by atoms with E-state index in [2.05, 4.69) is 15.7 Å². The topological polar surface area (TPSA) is 79.3 Å². The summed E-state index contributed by atoms with van der Waals surface area (Å²) in [7, 11) is 3.45. The van der Waals surface area contributed by atoms with Crippen LogP contribution in [0.1, 0.15) is 28.8 Å². The van der Waals surface area contributed by atoms with E-state index < -0.39 is 5.54 Å². The lowest BCUT2D eigenvalue weighted by atomic mass is 9.87. The average molecular weight is 392 g/mol. The smallest absolute Gasteiger partial charge is 0.253 e. The molecule has 146 valence electrons. The predicted octanol–water partition coefficient (Wildman–Crippen LogP) is 1.40. The van der Waals surface area contributed by atoms with Crippen molar-refractivity contribution in [3.8, 4) is 0 Å². The van der Waals surface area contributed by atoms with E-state index in [4.69, 9.17) is 0 Å². The Morgan fingerprint density at radius 2 is 1.89 bits per heavy atom. The van der Waals surface area contributed by atoms with E-state index in [9.17, 15) is 9.59 Å². The maximum atomic E-state index is 13.0. The van der Waals surface area contributed by atoms with Crippen LogP contribution in [-0.2, 0) is 16.9 Å². The molecule has 27 heavy (non-hydrogen) atoms. The van der Waals surface area contributed by atoms with E-state index in [0.29, 0.717) is 24.9 Å². The Labute approximate surface area is 165 Å². The standard InChI is InChI=1S/C19H25N5O2.ClH/c1-23(2)17(25)16-6-4-15(5-7-16)14-21-18(26)19(8-11-20-12-9-19)24-13-3-10-22-24;/h3-7,10,13,20H,8-9,11-12,14H2,1-2H3,(H,21,26);1H. The van der Waals surface area contributed by atoms with E-state index in [0.717, 1.165) is 18.7 Å². The lowest BCUT2D eigenvalue weighted by Crippen LogP contribution is -2.54. The summed E-state index contributed by atoms with van der Waals surface area (Å²) in [6.07, 6.45) is 4.97. The molecule has 0 radical (unpaired) electrons. The molecular formula is C19H26ClN5O2. The highest BCUT2D eigenvalue weighted by Gasteiger charge is 2.41. The summed E-state index contributed by atoms with van der Waals surface area (Å²) in [6.45, 7) is 2.00. The lowest BCUT2D eigenvalue weighted by Gasteiger charge is -2.36. The summed E-state index contributed by atoms with van der Waals surface area (Å²) in [5.74, 6) is -0.0518. The summed E-state index contributed by atoms with van der Waals surface area (Å²) in [5.41, 5.74) is 0.949. The molecule has 0 spiro atoms. The minimum absolute atomic E-state index is 0. The third kappa shape index (κ3) is 4.48. The average Bonchev–Trinajstić information content (AvgIpc) is 3.21. The van der Waals surface area contributed by atoms with Crippen LogP contribution in [0.15, 0.2) is 42.7 Å². The van der Waals surface area contributed by atoms with Crippen molar-refractivity contribution in [3.05, 3.63) is 53.9 Å². The highest BCUT2D eigenvalue weighted by atomic mass is 35.5. The van der Waals surface area contributed by atoms with Crippen LogP contribution in [0.5, 0.6) is 0 Å². The number of amides is 2. The maximum Gasteiger partial charge on any atom is 0.253 e. The number of hydrogen-bond donors (Lipinski definition) is 2. The molecule has 1 aromatic carbocycles. The maximum absolute atomic E-state index is 13.0. The minimum atomic E-state index is -0.643. The second-order valence-electron chi connectivity index (χ2n) is 6.81. The van der Waals surface area contributed by atoms with Gasteiger partial charge in [0.15, 0.2) is 0 Å². The Bertz CT molecular complexity index is 753. The van der Waals surface area contributed by atoms with Gasteiger partial charge >= 0.3 is 0 Å². The zero-order valence-electron chi connectivity index (χ0n) is 15.6. The van der Waals surface area contributed by atoms with Crippen LogP contribution in [0.2, 0.25) is 0 Å². The predicted molar refractivity (Wildman–Crippen MR) is 106 cm³/mol. The van der Waals surface area contributed by atoms with Gasteiger partial charge in [-0.2, -0.15) is 5.10 Å². The van der Waals surface area contributed by atoms with Gasteiger partial charge in [0.05, 0.1) is 0 Å². The van der Waals surface area contributed by atoms with Crippen molar-refractivity contribution in [2.75, 3.05) is 27.2 Å². The molecule has 0 unspecified atom stereocenters. The molecule has 1 saturated heterocycles. The van der Waals surface area contributed by atoms with Gasteiger partial charge in [0.25, 0.3) is 5.91 Å². The summed E-state index contributed by atoms with van der Waals surface area (Å²) in [6, 6.07) is 9.17. The number of halogens is 1. The summed E-state index contributed by atoms with van der Waals surface area (Å²) in [4.78, 5) is 26.5. The molecular weight excluding hydrogens is 366 g/mol. The fraction of sp³-hybridized carbons (Fsp3) is 0.421. The quantitative estimate of drug-likeness (QED) is 0.807. The molecule has 2 heterocycles. The molecule has 0 atom stereocenters. The molecule has 0 saturated carbocycles. The van der Waals surface area contributed by atoms with Crippen molar-refractivity contribution in [1.82, 2.24) is 25.3 Å². The van der Waals surface area contributed by atoms with Crippen LogP contribution in [0, 0.1) is 0 Å². The highest BCUT2D eigenvalue weighted by molar-refractivity contribution is 5.93. The Morgan fingerprint density at radius 1 is 1.22 bits per heavy atom. The molecule has 1 aromatic heterocycles. The van der Waals surface area contributed by atoms with E-state index >= 15 is 0 Å². The van der Waals surface area contributed by atoms with E-state index in [1.165, 1.54) is 0 Å². The third-order valence-electron chi connectivity index (χ3n) is 4.86. The van der Waals surface area contributed by atoms with Gasteiger partial charge in [-0.05, 0) is 49.7 Å². The van der Waals surface area contributed by atoms with Gasteiger partial charge in [0.2, 0.25) is 5.91 Å². The molecule has 8 heteroatoms. The molecule has 1 aliphatic rings. The van der Waals surface area contributed by atoms with Crippen LogP contribution in [-0.4, -0.2) is 53.7 Å². The lowest BCUT2D eigenvalue weighted by molar-refractivity contribution is -0.132. The number of carbonyl (C=O) groups is 2. The fourth-order valence-corrected chi connectivity index (χ4v) is 3.29. The number of nitrogens with one attached hydrogen (secondary N) is 2. The van der Waals surface area contributed by atoms with Crippen molar-refractivity contribution in [2.45, 2.75) is 24.9 Å². The van der Waals surface area contributed by atoms with E-state index in [1.807, 2.05) is 24.4 Å². The first kappa shape index (κ1) is 20.9. The van der Waals surface area contributed by atoms with Gasteiger partial charge in [-0.3, -0.25) is 14.3 Å². The first-order valence-corrected chi connectivity index (χ1v) is 8.83. The first-order chi connectivity index (χ1) is 12.5. The van der Waals surface area contributed by atoms with Crippen molar-refractivity contribution < 1.29 is 9.59 Å².